The molecule has 0 spiro atoms. The van der Waals surface area contributed by atoms with Gasteiger partial charge in [0, 0.05) is 11.6 Å². The number of hydrogen-bond acceptors (Lipinski definition) is 3. The molecule has 0 aliphatic heterocycles. The van der Waals surface area contributed by atoms with Crippen LogP contribution in [0.4, 0.5) is 0 Å². The van der Waals surface area contributed by atoms with E-state index in [4.69, 9.17) is 17.0 Å². The van der Waals surface area contributed by atoms with Gasteiger partial charge in [-0.25, -0.2) is 0 Å². The molecule has 3 rings (SSSR count). The zero-order valence-electron chi connectivity index (χ0n) is 15.2. The second-order valence-electron chi connectivity index (χ2n) is 6.80. The highest BCUT2D eigenvalue weighted by Crippen LogP contribution is 2.20. The molecule has 0 saturated carbocycles. The minimum absolute atomic E-state index is 0.335. The van der Waals surface area contributed by atoms with Crippen LogP contribution in [0.15, 0.2) is 48.5 Å². The summed E-state index contributed by atoms with van der Waals surface area (Å²) >= 11 is 5.93. The number of halogens is 1. The summed E-state index contributed by atoms with van der Waals surface area (Å²) in [5, 5.41) is 19.9. The first kappa shape index (κ1) is 18.7. The average Bonchev–Trinajstić information content (AvgIpc) is 2.88. The van der Waals surface area contributed by atoms with Crippen molar-refractivity contribution in [2.24, 2.45) is 0 Å². The number of nitrogens with one attached hydrogen (secondary N) is 1. The summed E-state index contributed by atoms with van der Waals surface area (Å²) in [5.41, 5.74) is 3.21. The van der Waals surface area contributed by atoms with Crippen molar-refractivity contribution < 1.29 is 5.11 Å². The first-order valence-electron chi connectivity index (χ1n) is 8.78. The van der Waals surface area contributed by atoms with Crippen molar-refractivity contribution in [2.75, 3.05) is 20.6 Å². The van der Waals surface area contributed by atoms with Crippen molar-refractivity contribution in [2.45, 2.75) is 25.6 Å². The van der Waals surface area contributed by atoms with Crippen molar-refractivity contribution in [1.82, 2.24) is 14.0 Å². The van der Waals surface area contributed by atoms with Crippen LogP contribution >= 0.6 is 11.6 Å². The third kappa shape index (κ3) is 4.01. The molecule has 0 aliphatic carbocycles. The van der Waals surface area contributed by atoms with Crippen LogP contribution in [0.1, 0.15) is 18.1 Å². The summed E-state index contributed by atoms with van der Waals surface area (Å²) in [5.74, 6) is 0. The molecule has 6 heteroatoms. The molecule has 5 nitrogen and oxygen atoms in total. The Kier molecular flexibility index (Phi) is 5.81. The fraction of sp³-hybridized carbons (Fsp3) is 0.350. The van der Waals surface area contributed by atoms with Gasteiger partial charge in [-0.05, 0) is 56.9 Å². The van der Waals surface area contributed by atoms with E-state index in [1.165, 1.54) is 0 Å². The van der Waals surface area contributed by atoms with E-state index in [1.54, 1.807) is 12.1 Å². The number of aryl methyl sites for hydroxylation is 1. The molecule has 3 aromatic rings. The summed E-state index contributed by atoms with van der Waals surface area (Å²) in [6, 6.07) is 15.2. The molecule has 0 bridgehead atoms. The molecule has 1 unspecified atom stereocenters. The minimum Gasteiger partial charge on any atom is -0.387 e. The number of hydrogen-bond donors (Lipinski definition) is 2. The first-order chi connectivity index (χ1) is 12.5. The van der Waals surface area contributed by atoms with Gasteiger partial charge in [0.25, 0.3) is 0 Å². The maximum absolute atomic E-state index is 10.6. The van der Waals surface area contributed by atoms with Crippen molar-refractivity contribution in [1.29, 1.82) is 5.41 Å². The number of aliphatic hydroxyl groups is 1. The number of aromatic nitrogens is 2. The van der Waals surface area contributed by atoms with Gasteiger partial charge in [-0.2, -0.15) is 0 Å². The molecule has 1 heterocycles. The van der Waals surface area contributed by atoms with Crippen molar-refractivity contribution in [3.05, 3.63) is 64.7 Å². The average molecular weight is 373 g/mol. The third-order valence-electron chi connectivity index (χ3n) is 4.57. The Morgan fingerprint density at radius 2 is 1.65 bits per heavy atom. The summed E-state index contributed by atoms with van der Waals surface area (Å²) in [7, 11) is 4.11. The standard InChI is InChI=1S/C20H25ClN4O/c1-23(2)12-5-13-24-17-6-3-4-7-18(17)25(20(24)22)14-19(26)15-8-10-16(21)11-9-15/h3-4,6-11,19,22,26H,5,12-14H2,1-2H3. The zero-order chi connectivity index (χ0) is 18.7. The quantitative estimate of drug-likeness (QED) is 0.668. The van der Waals surface area contributed by atoms with Gasteiger partial charge in [-0.15, -0.1) is 0 Å². The number of rotatable bonds is 7. The Balaban J connectivity index is 1.91. The lowest BCUT2D eigenvalue weighted by Gasteiger charge is -2.13. The Labute approximate surface area is 158 Å². The van der Waals surface area contributed by atoms with Gasteiger partial charge in [0.15, 0.2) is 0 Å². The summed E-state index contributed by atoms with van der Waals surface area (Å²) in [6.07, 6.45) is 0.277. The molecule has 2 N–H and O–H groups in total. The molecule has 1 atom stereocenters. The van der Waals surface area contributed by atoms with Crippen LogP contribution < -0.4 is 5.62 Å². The van der Waals surface area contributed by atoms with Gasteiger partial charge < -0.3 is 19.1 Å². The topological polar surface area (TPSA) is 57.2 Å². The predicted molar refractivity (Wildman–Crippen MR) is 105 cm³/mol. The lowest BCUT2D eigenvalue weighted by atomic mass is 10.1. The Bertz CT molecular complexity index is 927. The highest BCUT2D eigenvalue weighted by Gasteiger charge is 2.15. The van der Waals surface area contributed by atoms with Crippen LogP contribution in [0.3, 0.4) is 0 Å². The maximum Gasteiger partial charge on any atom is 0.203 e. The maximum atomic E-state index is 10.6. The van der Waals surface area contributed by atoms with Crippen LogP contribution in [-0.4, -0.2) is 39.8 Å². The number of fused-ring (bicyclic) bond motifs is 1. The summed E-state index contributed by atoms with van der Waals surface area (Å²) in [4.78, 5) is 2.15. The van der Waals surface area contributed by atoms with Crippen molar-refractivity contribution in [3.8, 4) is 0 Å². The molecule has 0 radical (unpaired) electrons. The lowest BCUT2D eigenvalue weighted by Crippen LogP contribution is -2.27. The van der Waals surface area contributed by atoms with Crippen LogP contribution in [0.25, 0.3) is 11.0 Å². The molecule has 0 fully saturated rings. The van der Waals surface area contributed by atoms with Gasteiger partial charge in [-0.1, -0.05) is 35.9 Å². The van der Waals surface area contributed by atoms with Gasteiger partial charge in [-0.3, -0.25) is 5.41 Å². The number of nitrogens with zero attached hydrogens (tertiary/aromatic N) is 3. The van der Waals surface area contributed by atoms with Crippen LogP contribution in [0.2, 0.25) is 5.02 Å². The number of para-hydroxylation sites is 2. The van der Waals surface area contributed by atoms with E-state index < -0.39 is 6.10 Å². The molecule has 2 aromatic carbocycles. The van der Waals surface area contributed by atoms with Crippen molar-refractivity contribution >= 4 is 22.6 Å². The van der Waals surface area contributed by atoms with E-state index in [1.807, 2.05) is 45.5 Å². The summed E-state index contributed by atoms with van der Waals surface area (Å²) < 4.78 is 3.90. The number of imidazole rings is 1. The molecule has 0 aliphatic rings. The number of aliphatic hydroxyl groups excluding tert-OH is 1. The van der Waals surface area contributed by atoms with Gasteiger partial charge >= 0.3 is 0 Å². The van der Waals surface area contributed by atoms with E-state index >= 15 is 0 Å². The Hall–Kier alpha value is -2.08. The predicted octanol–water partition coefficient (Wildman–Crippen LogP) is 3.26. The van der Waals surface area contributed by atoms with Crippen LogP contribution in [0.5, 0.6) is 0 Å². The normalized spacial score (nSPS) is 12.8. The van der Waals surface area contributed by atoms with Crippen LogP contribution in [0, 0.1) is 5.41 Å². The van der Waals surface area contributed by atoms with Crippen molar-refractivity contribution in [3.63, 3.8) is 0 Å². The van der Waals surface area contributed by atoms with Crippen LogP contribution in [-0.2, 0) is 13.1 Å². The lowest BCUT2D eigenvalue weighted by molar-refractivity contribution is 0.155. The zero-order valence-corrected chi connectivity index (χ0v) is 15.9. The van der Waals surface area contributed by atoms with E-state index in [0.29, 0.717) is 17.2 Å². The molecule has 1 aromatic heterocycles. The molecule has 138 valence electrons. The van der Waals surface area contributed by atoms with Gasteiger partial charge in [0.2, 0.25) is 5.62 Å². The Morgan fingerprint density at radius 1 is 1.04 bits per heavy atom. The monoisotopic (exact) mass is 372 g/mol. The Morgan fingerprint density at radius 3 is 2.27 bits per heavy atom. The minimum atomic E-state index is -0.692. The third-order valence-corrected chi connectivity index (χ3v) is 4.82. The fourth-order valence-corrected chi connectivity index (χ4v) is 3.34. The highest BCUT2D eigenvalue weighted by molar-refractivity contribution is 6.30. The highest BCUT2D eigenvalue weighted by atomic mass is 35.5. The smallest absolute Gasteiger partial charge is 0.203 e. The summed E-state index contributed by atoms with van der Waals surface area (Å²) in [6.45, 7) is 2.09. The first-order valence-corrected chi connectivity index (χ1v) is 9.16. The largest absolute Gasteiger partial charge is 0.387 e. The molecular weight excluding hydrogens is 348 g/mol. The number of benzene rings is 2. The van der Waals surface area contributed by atoms with E-state index in [9.17, 15) is 5.11 Å². The van der Waals surface area contributed by atoms with E-state index in [-0.39, 0.29) is 0 Å². The molecule has 0 amide bonds. The molecular formula is C20H25ClN4O. The molecule has 0 saturated heterocycles. The van der Waals surface area contributed by atoms with E-state index in [2.05, 4.69) is 19.0 Å². The van der Waals surface area contributed by atoms with E-state index in [0.717, 1.165) is 36.1 Å². The van der Waals surface area contributed by atoms with Gasteiger partial charge in [0.05, 0.1) is 23.7 Å². The van der Waals surface area contributed by atoms with Gasteiger partial charge in [0.1, 0.15) is 0 Å². The molecule has 26 heavy (non-hydrogen) atoms. The second kappa shape index (κ2) is 8.08. The second-order valence-corrected chi connectivity index (χ2v) is 7.24. The SMILES string of the molecule is CN(C)CCCn1c(=N)n(CC(O)c2ccc(Cl)cc2)c2ccccc21. The fourth-order valence-electron chi connectivity index (χ4n) is 3.21.